The largest absolute Gasteiger partial charge is 0.462 e. The molecule has 2 aromatic rings. The third-order valence-electron chi connectivity index (χ3n) is 4.89. The zero-order chi connectivity index (χ0) is 20.9. The number of benzene rings is 2. The van der Waals surface area contributed by atoms with E-state index in [2.05, 4.69) is 10.6 Å². The number of hydrogen-bond acceptors (Lipinski definition) is 4. The summed E-state index contributed by atoms with van der Waals surface area (Å²) in [7, 11) is 0. The number of carbonyl (C=O) groups is 3. The Balaban J connectivity index is 1.52. The second-order valence-corrected chi connectivity index (χ2v) is 6.97. The Morgan fingerprint density at radius 2 is 1.66 bits per heavy atom. The molecule has 1 aliphatic rings. The van der Waals surface area contributed by atoms with E-state index >= 15 is 0 Å². The lowest BCUT2D eigenvalue weighted by Crippen LogP contribution is -2.40. The fraction of sp³-hybridized carbons (Fsp3) is 0.318. The van der Waals surface area contributed by atoms with Crippen LogP contribution in [0.4, 0.5) is 10.1 Å². The lowest BCUT2D eigenvalue weighted by molar-refractivity contribution is -0.134. The third kappa shape index (κ3) is 4.99. The van der Waals surface area contributed by atoms with E-state index in [9.17, 15) is 18.8 Å². The van der Waals surface area contributed by atoms with Crippen LogP contribution in [0.2, 0.25) is 0 Å². The molecule has 2 amide bonds. The van der Waals surface area contributed by atoms with Crippen molar-refractivity contribution in [3.05, 3.63) is 65.5 Å². The highest BCUT2D eigenvalue weighted by Crippen LogP contribution is 2.46. The molecule has 0 aromatic heterocycles. The SMILES string of the molecule is CCOC(=O)c1ccc(NC(=O)C2(C(=O)NCCc3ccc(F)cc3)CC2)cc1. The summed E-state index contributed by atoms with van der Waals surface area (Å²) in [6, 6.07) is 12.4. The van der Waals surface area contributed by atoms with E-state index in [1.165, 1.54) is 12.1 Å². The highest BCUT2D eigenvalue weighted by atomic mass is 19.1. The van der Waals surface area contributed by atoms with Gasteiger partial charge in [0.05, 0.1) is 12.2 Å². The summed E-state index contributed by atoms with van der Waals surface area (Å²) in [6.45, 7) is 2.39. The van der Waals surface area contributed by atoms with E-state index < -0.39 is 11.4 Å². The summed E-state index contributed by atoms with van der Waals surface area (Å²) >= 11 is 0. The number of hydrogen-bond donors (Lipinski definition) is 2. The minimum absolute atomic E-state index is 0.288. The maximum Gasteiger partial charge on any atom is 0.338 e. The van der Waals surface area contributed by atoms with Crippen LogP contribution in [0, 0.1) is 11.2 Å². The van der Waals surface area contributed by atoms with Gasteiger partial charge in [-0.3, -0.25) is 9.59 Å². The van der Waals surface area contributed by atoms with Crippen molar-refractivity contribution in [1.82, 2.24) is 5.32 Å². The summed E-state index contributed by atoms with van der Waals surface area (Å²) in [5.41, 5.74) is 0.753. The molecule has 0 bridgehead atoms. The number of carbonyl (C=O) groups excluding carboxylic acids is 3. The molecule has 3 rings (SSSR count). The van der Waals surface area contributed by atoms with Crippen molar-refractivity contribution in [3.8, 4) is 0 Å². The first-order valence-corrected chi connectivity index (χ1v) is 9.56. The molecule has 0 aliphatic heterocycles. The van der Waals surface area contributed by atoms with E-state index in [1.54, 1.807) is 43.3 Å². The lowest BCUT2D eigenvalue weighted by atomic mass is 10.0. The lowest BCUT2D eigenvalue weighted by Gasteiger charge is -2.15. The van der Waals surface area contributed by atoms with Gasteiger partial charge in [-0.15, -0.1) is 0 Å². The van der Waals surface area contributed by atoms with Crippen LogP contribution in [0.1, 0.15) is 35.7 Å². The molecule has 7 heteroatoms. The molecule has 0 spiro atoms. The molecule has 0 saturated heterocycles. The second-order valence-electron chi connectivity index (χ2n) is 6.97. The summed E-state index contributed by atoms with van der Waals surface area (Å²) in [6.07, 6.45) is 1.53. The van der Waals surface area contributed by atoms with Gasteiger partial charge in [0, 0.05) is 12.2 Å². The zero-order valence-electron chi connectivity index (χ0n) is 16.2. The number of rotatable bonds is 8. The van der Waals surface area contributed by atoms with Crippen LogP contribution in [0.3, 0.4) is 0 Å². The zero-order valence-corrected chi connectivity index (χ0v) is 16.2. The number of anilines is 1. The first-order chi connectivity index (χ1) is 13.9. The molecule has 0 radical (unpaired) electrons. The average Bonchev–Trinajstić information content (AvgIpc) is 3.52. The Morgan fingerprint density at radius 3 is 2.24 bits per heavy atom. The standard InChI is InChI=1S/C22H23FN2O4/c1-2-29-19(26)16-5-9-18(10-6-16)25-21(28)22(12-13-22)20(27)24-14-11-15-3-7-17(23)8-4-15/h3-10H,2,11-14H2,1H3,(H,24,27)(H,25,28). The Hall–Kier alpha value is -3.22. The van der Waals surface area contributed by atoms with Gasteiger partial charge in [-0.1, -0.05) is 12.1 Å². The fourth-order valence-corrected chi connectivity index (χ4v) is 2.98. The highest BCUT2D eigenvalue weighted by molar-refractivity contribution is 6.13. The summed E-state index contributed by atoms with van der Waals surface area (Å²) in [4.78, 5) is 36.8. The molecule has 1 fully saturated rings. The summed E-state index contributed by atoms with van der Waals surface area (Å²) in [5, 5.41) is 5.54. The highest BCUT2D eigenvalue weighted by Gasteiger charge is 2.56. The van der Waals surface area contributed by atoms with Gasteiger partial charge in [0.15, 0.2) is 0 Å². The van der Waals surface area contributed by atoms with Gasteiger partial charge in [-0.05, 0) is 68.1 Å². The van der Waals surface area contributed by atoms with Gasteiger partial charge in [-0.2, -0.15) is 0 Å². The Labute approximate surface area is 168 Å². The van der Waals surface area contributed by atoms with Gasteiger partial charge in [0.1, 0.15) is 11.2 Å². The number of halogens is 1. The minimum Gasteiger partial charge on any atom is -0.462 e. The van der Waals surface area contributed by atoms with Crippen molar-refractivity contribution >= 4 is 23.5 Å². The Morgan fingerprint density at radius 1 is 1.00 bits per heavy atom. The van der Waals surface area contributed by atoms with E-state index in [-0.39, 0.29) is 24.2 Å². The van der Waals surface area contributed by atoms with Crippen molar-refractivity contribution in [2.45, 2.75) is 26.2 Å². The van der Waals surface area contributed by atoms with Crippen LogP contribution < -0.4 is 10.6 Å². The van der Waals surface area contributed by atoms with Gasteiger partial charge >= 0.3 is 5.97 Å². The van der Waals surface area contributed by atoms with Gasteiger partial charge in [-0.25, -0.2) is 9.18 Å². The van der Waals surface area contributed by atoms with Gasteiger partial charge in [0.25, 0.3) is 0 Å². The quantitative estimate of drug-likeness (QED) is 0.529. The fourth-order valence-electron chi connectivity index (χ4n) is 2.98. The van der Waals surface area contributed by atoms with Crippen molar-refractivity contribution in [2.75, 3.05) is 18.5 Å². The van der Waals surface area contributed by atoms with E-state index in [4.69, 9.17) is 4.74 Å². The molecule has 1 aliphatic carbocycles. The number of esters is 1. The van der Waals surface area contributed by atoms with Crippen LogP contribution in [-0.2, 0) is 20.7 Å². The Kier molecular flexibility index (Phi) is 6.26. The molecule has 0 heterocycles. The van der Waals surface area contributed by atoms with E-state index in [0.29, 0.717) is 37.1 Å². The molecule has 152 valence electrons. The van der Waals surface area contributed by atoms with E-state index in [0.717, 1.165) is 5.56 Å². The van der Waals surface area contributed by atoms with Crippen LogP contribution in [0.5, 0.6) is 0 Å². The molecular formula is C22H23FN2O4. The first kappa shape index (κ1) is 20.5. The number of ether oxygens (including phenoxy) is 1. The predicted molar refractivity (Wildman–Crippen MR) is 106 cm³/mol. The van der Waals surface area contributed by atoms with E-state index in [1.807, 2.05) is 0 Å². The molecule has 6 nitrogen and oxygen atoms in total. The van der Waals surface area contributed by atoms with Crippen LogP contribution in [0.15, 0.2) is 48.5 Å². The van der Waals surface area contributed by atoms with Gasteiger partial charge < -0.3 is 15.4 Å². The predicted octanol–water partition coefficient (Wildman–Crippen LogP) is 3.08. The smallest absolute Gasteiger partial charge is 0.338 e. The van der Waals surface area contributed by atoms with Crippen molar-refractivity contribution < 1.29 is 23.5 Å². The summed E-state index contributed by atoms with van der Waals surface area (Å²) < 4.78 is 17.9. The Bertz CT molecular complexity index is 890. The minimum atomic E-state index is -1.05. The topological polar surface area (TPSA) is 84.5 Å². The normalized spacial score (nSPS) is 14.0. The number of amides is 2. The summed E-state index contributed by atoms with van der Waals surface area (Å²) in [5.74, 6) is -1.40. The molecule has 29 heavy (non-hydrogen) atoms. The average molecular weight is 398 g/mol. The third-order valence-corrected chi connectivity index (χ3v) is 4.89. The molecule has 2 aromatic carbocycles. The second kappa shape index (κ2) is 8.86. The molecule has 0 atom stereocenters. The molecule has 1 saturated carbocycles. The van der Waals surface area contributed by atoms with Crippen LogP contribution in [-0.4, -0.2) is 30.9 Å². The van der Waals surface area contributed by atoms with Crippen molar-refractivity contribution in [1.29, 1.82) is 0 Å². The van der Waals surface area contributed by atoms with Crippen molar-refractivity contribution in [2.24, 2.45) is 5.41 Å². The molecule has 0 unspecified atom stereocenters. The van der Waals surface area contributed by atoms with Crippen LogP contribution in [0.25, 0.3) is 0 Å². The molecular weight excluding hydrogens is 375 g/mol. The maximum absolute atomic E-state index is 12.9. The van der Waals surface area contributed by atoms with Crippen LogP contribution >= 0.6 is 0 Å². The van der Waals surface area contributed by atoms with Crippen molar-refractivity contribution in [3.63, 3.8) is 0 Å². The monoisotopic (exact) mass is 398 g/mol. The maximum atomic E-state index is 12.9. The number of nitrogens with one attached hydrogen (secondary N) is 2. The van der Waals surface area contributed by atoms with Gasteiger partial charge in [0.2, 0.25) is 11.8 Å². The molecule has 2 N–H and O–H groups in total. The first-order valence-electron chi connectivity index (χ1n) is 9.56.